The van der Waals surface area contributed by atoms with Crippen LogP contribution in [0.15, 0.2) is 41.6 Å². The molecule has 37 heavy (non-hydrogen) atoms. The van der Waals surface area contributed by atoms with E-state index in [1.165, 1.54) is 6.20 Å². The molecule has 0 bridgehead atoms. The van der Waals surface area contributed by atoms with Crippen molar-refractivity contribution in [3.8, 4) is 6.07 Å². The zero-order chi connectivity index (χ0) is 26.9. The zero-order valence-corrected chi connectivity index (χ0v) is 20.3. The van der Waals surface area contributed by atoms with E-state index in [9.17, 15) is 23.2 Å². The molecule has 0 aliphatic heterocycles. The molecule has 10 nitrogen and oxygen atoms in total. The first-order chi connectivity index (χ1) is 17.8. The molecule has 2 unspecified atom stereocenters. The third-order valence-corrected chi connectivity index (χ3v) is 5.78. The SMILES string of the molecule is CC(Nc1nc(N(C)C(c2ncccn2)C2CC2)[nH]c(=O)c1C(=N)C#N)c1ccc(CF)nc1.FCF. The van der Waals surface area contributed by atoms with Gasteiger partial charge in [0.2, 0.25) is 12.9 Å². The molecule has 0 saturated heterocycles. The molecule has 0 radical (unpaired) electrons. The van der Waals surface area contributed by atoms with Crippen LogP contribution in [0.1, 0.15) is 54.5 Å². The summed E-state index contributed by atoms with van der Waals surface area (Å²) in [5, 5.41) is 20.4. The third kappa shape index (κ3) is 6.66. The quantitative estimate of drug-likeness (QED) is 0.364. The second kappa shape index (κ2) is 12.6. The van der Waals surface area contributed by atoms with E-state index in [4.69, 9.17) is 5.41 Å². The molecule has 0 aromatic carbocycles. The van der Waals surface area contributed by atoms with E-state index in [-0.39, 0.29) is 29.4 Å². The molecule has 1 aliphatic carbocycles. The molecule has 1 saturated carbocycles. The Hall–Kier alpha value is -4.34. The fourth-order valence-corrected chi connectivity index (χ4v) is 3.79. The van der Waals surface area contributed by atoms with Gasteiger partial charge in [-0.3, -0.25) is 20.2 Å². The van der Waals surface area contributed by atoms with E-state index in [2.05, 4.69) is 30.2 Å². The van der Waals surface area contributed by atoms with Crippen LogP contribution in [0.25, 0.3) is 0 Å². The molecular formula is C24H26F3N9O. The van der Waals surface area contributed by atoms with Gasteiger partial charge in [0.15, 0.2) is 5.82 Å². The molecule has 3 aromatic rings. The predicted molar refractivity (Wildman–Crippen MR) is 131 cm³/mol. The van der Waals surface area contributed by atoms with Crippen LogP contribution < -0.4 is 15.8 Å². The van der Waals surface area contributed by atoms with Crippen molar-refractivity contribution in [2.24, 2.45) is 5.92 Å². The van der Waals surface area contributed by atoms with E-state index in [0.29, 0.717) is 17.4 Å². The first-order valence-corrected chi connectivity index (χ1v) is 11.4. The van der Waals surface area contributed by atoms with E-state index in [0.717, 1.165) is 18.4 Å². The Balaban J connectivity index is 0.00000121. The lowest BCUT2D eigenvalue weighted by molar-refractivity contribution is 0.295. The summed E-state index contributed by atoms with van der Waals surface area (Å²) in [5.41, 5.74) is -0.215. The Labute approximate surface area is 211 Å². The highest BCUT2D eigenvalue weighted by molar-refractivity contribution is 6.12. The number of halogens is 3. The minimum Gasteiger partial charge on any atom is -0.363 e. The summed E-state index contributed by atoms with van der Waals surface area (Å²) in [4.78, 5) is 34.9. The van der Waals surface area contributed by atoms with Crippen molar-refractivity contribution < 1.29 is 13.2 Å². The summed E-state index contributed by atoms with van der Waals surface area (Å²) < 4.78 is 32.1. The Kier molecular flexibility index (Phi) is 9.26. The first kappa shape index (κ1) is 27.3. The van der Waals surface area contributed by atoms with Gasteiger partial charge in [0.1, 0.15) is 29.8 Å². The highest BCUT2D eigenvalue weighted by atomic mass is 19.3. The number of nitrogens with zero attached hydrogens (tertiary/aromatic N) is 6. The van der Waals surface area contributed by atoms with Crippen molar-refractivity contribution in [1.82, 2.24) is 24.9 Å². The van der Waals surface area contributed by atoms with E-state index in [1.807, 2.05) is 11.8 Å². The number of anilines is 2. The normalized spacial score (nSPS) is 13.9. The Bertz CT molecular complexity index is 1290. The van der Waals surface area contributed by atoms with Crippen LogP contribution in [0.2, 0.25) is 0 Å². The minimum absolute atomic E-state index is 0.0998. The number of nitriles is 1. The van der Waals surface area contributed by atoms with Crippen molar-refractivity contribution in [3.05, 3.63) is 69.8 Å². The molecule has 194 valence electrons. The number of alkyl halides is 3. The zero-order valence-electron chi connectivity index (χ0n) is 20.3. The van der Waals surface area contributed by atoms with Gasteiger partial charge in [-0.1, -0.05) is 6.07 Å². The highest BCUT2D eigenvalue weighted by Gasteiger charge is 2.38. The van der Waals surface area contributed by atoms with Gasteiger partial charge in [-0.2, -0.15) is 10.2 Å². The second-order valence-corrected chi connectivity index (χ2v) is 8.28. The van der Waals surface area contributed by atoms with E-state index < -0.39 is 24.9 Å². The van der Waals surface area contributed by atoms with Crippen LogP contribution in [0.5, 0.6) is 0 Å². The summed E-state index contributed by atoms with van der Waals surface area (Å²) in [6, 6.07) is 6.20. The van der Waals surface area contributed by atoms with Gasteiger partial charge in [-0.25, -0.2) is 23.1 Å². The number of nitrogens with one attached hydrogen (secondary N) is 3. The number of hydrogen-bond donors (Lipinski definition) is 3. The molecular weight excluding hydrogens is 487 g/mol. The van der Waals surface area contributed by atoms with Gasteiger partial charge in [-0.05, 0) is 43.4 Å². The first-order valence-electron chi connectivity index (χ1n) is 11.4. The largest absolute Gasteiger partial charge is 0.363 e. The number of rotatable bonds is 9. The molecule has 0 spiro atoms. The van der Waals surface area contributed by atoms with Gasteiger partial charge in [-0.15, -0.1) is 0 Å². The van der Waals surface area contributed by atoms with Crippen molar-refractivity contribution in [2.45, 2.75) is 38.5 Å². The molecule has 3 aromatic heterocycles. The maximum absolute atomic E-state index is 13.0. The average molecular weight is 514 g/mol. The summed E-state index contributed by atoms with van der Waals surface area (Å²) >= 11 is 0. The number of H-pyrrole nitrogens is 1. The second-order valence-electron chi connectivity index (χ2n) is 8.28. The maximum atomic E-state index is 13.0. The number of aromatic amines is 1. The lowest BCUT2D eigenvalue weighted by atomic mass is 10.1. The molecule has 3 N–H and O–H groups in total. The summed E-state index contributed by atoms with van der Waals surface area (Å²) in [7, 11) is 1.81. The lowest BCUT2D eigenvalue weighted by Gasteiger charge is -2.28. The summed E-state index contributed by atoms with van der Waals surface area (Å²) in [5.74, 6) is 1.32. The molecule has 2 atom stereocenters. The smallest absolute Gasteiger partial charge is 0.264 e. The number of pyridine rings is 1. The predicted octanol–water partition coefficient (Wildman–Crippen LogP) is 3.96. The van der Waals surface area contributed by atoms with Crippen LogP contribution in [0.3, 0.4) is 0 Å². The van der Waals surface area contributed by atoms with Crippen LogP contribution in [-0.2, 0) is 6.67 Å². The van der Waals surface area contributed by atoms with Crippen LogP contribution in [0.4, 0.5) is 24.9 Å². The van der Waals surface area contributed by atoms with E-state index >= 15 is 0 Å². The topological polar surface area (TPSA) is 147 Å². The lowest BCUT2D eigenvalue weighted by Crippen LogP contribution is -2.32. The maximum Gasteiger partial charge on any atom is 0.264 e. The fourth-order valence-electron chi connectivity index (χ4n) is 3.79. The van der Waals surface area contributed by atoms with Crippen molar-refractivity contribution in [1.29, 1.82) is 10.7 Å². The average Bonchev–Trinajstić information content (AvgIpc) is 3.74. The third-order valence-electron chi connectivity index (χ3n) is 5.78. The Morgan fingerprint density at radius 3 is 2.49 bits per heavy atom. The summed E-state index contributed by atoms with van der Waals surface area (Å²) in [6.45, 7) is -0.590. The van der Waals surface area contributed by atoms with Crippen LogP contribution in [0, 0.1) is 22.7 Å². The van der Waals surface area contributed by atoms with Gasteiger partial charge in [0.25, 0.3) is 5.56 Å². The van der Waals surface area contributed by atoms with Gasteiger partial charge in [0, 0.05) is 25.6 Å². The molecule has 4 rings (SSSR count). The molecule has 0 amide bonds. The van der Waals surface area contributed by atoms with Crippen molar-refractivity contribution >= 4 is 17.5 Å². The van der Waals surface area contributed by atoms with Gasteiger partial charge in [0.05, 0.1) is 17.8 Å². The number of aromatic nitrogens is 5. The highest BCUT2D eigenvalue weighted by Crippen LogP contribution is 2.43. The summed E-state index contributed by atoms with van der Waals surface area (Å²) in [6.07, 6.45) is 6.92. The minimum atomic E-state index is -1.75. The molecule has 3 heterocycles. The van der Waals surface area contributed by atoms with E-state index in [1.54, 1.807) is 43.7 Å². The Morgan fingerprint density at radius 2 is 1.95 bits per heavy atom. The monoisotopic (exact) mass is 513 g/mol. The van der Waals surface area contributed by atoms with Crippen LogP contribution >= 0.6 is 0 Å². The van der Waals surface area contributed by atoms with Crippen LogP contribution in [-0.4, -0.2) is 44.6 Å². The van der Waals surface area contributed by atoms with Crippen molar-refractivity contribution in [3.63, 3.8) is 0 Å². The van der Waals surface area contributed by atoms with Crippen molar-refractivity contribution in [2.75, 3.05) is 24.2 Å². The number of hydrogen-bond acceptors (Lipinski definition) is 9. The Morgan fingerprint density at radius 1 is 1.27 bits per heavy atom. The molecule has 13 heteroatoms. The van der Waals surface area contributed by atoms with Gasteiger partial charge < -0.3 is 10.2 Å². The standard InChI is InChI=1S/C23H24FN9O.CH2F2/c1-13(15-6-7-16(10-24)29-12-15)30-20-18(17(26)11-25)22(34)32-23(31-20)33(2)19(14-4-5-14)21-27-8-3-9-28-21;2-1-3/h3,6-9,12-14,19,26H,4-5,10H2,1-2H3,(H2,30,31,32,34);1H2. The molecule has 1 fully saturated rings. The van der Waals surface area contributed by atoms with Gasteiger partial charge >= 0.3 is 0 Å². The fraction of sp³-hybridized carbons (Fsp3) is 0.375. The molecule has 1 aliphatic rings.